The number of allylic oxidation sites excluding steroid dienone is 1. The van der Waals surface area contributed by atoms with Crippen molar-refractivity contribution in [2.24, 2.45) is 0 Å². The second-order valence-corrected chi connectivity index (χ2v) is 1.84. The van der Waals surface area contributed by atoms with Gasteiger partial charge >= 0.3 is 0 Å². The molecule has 2 nitrogen and oxygen atoms in total. The SMILES string of the molecule is C=C(CCC)OCOC. The Morgan fingerprint density at radius 1 is 1.56 bits per heavy atom. The Morgan fingerprint density at radius 3 is 2.67 bits per heavy atom. The molecule has 0 atom stereocenters. The van der Waals surface area contributed by atoms with E-state index in [4.69, 9.17) is 4.74 Å². The van der Waals surface area contributed by atoms with Crippen molar-refractivity contribution in [1.29, 1.82) is 0 Å². The van der Waals surface area contributed by atoms with E-state index in [1.54, 1.807) is 7.11 Å². The van der Waals surface area contributed by atoms with Crippen LogP contribution in [-0.2, 0) is 9.47 Å². The predicted molar refractivity (Wildman–Crippen MR) is 37.0 cm³/mol. The molecule has 0 saturated carbocycles. The van der Waals surface area contributed by atoms with E-state index >= 15 is 0 Å². The molecule has 0 N–H and O–H groups in total. The van der Waals surface area contributed by atoms with Crippen molar-refractivity contribution < 1.29 is 9.47 Å². The summed E-state index contributed by atoms with van der Waals surface area (Å²) in [7, 11) is 1.60. The molecule has 0 radical (unpaired) electrons. The van der Waals surface area contributed by atoms with Gasteiger partial charge in [0.25, 0.3) is 0 Å². The molecule has 54 valence electrons. The molecule has 0 rings (SSSR count). The Bertz CT molecular complexity index is 79.0. The van der Waals surface area contributed by atoms with E-state index < -0.39 is 0 Å². The molecule has 9 heavy (non-hydrogen) atoms. The smallest absolute Gasteiger partial charge is 0.188 e. The van der Waals surface area contributed by atoms with Crippen LogP contribution in [0.4, 0.5) is 0 Å². The van der Waals surface area contributed by atoms with Crippen molar-refractivity contribution in [2.75, 3.05) is 13.9 Å². The second kappa shape index (κ2) is 5.63. The largest absolute Gasteiger partial charge is 0.473 e. The Balaban J connectivity index is 3.06. The van der Waals surface area contributed by atoms with Crippen LogP contribution in [0.3, 0.4) is 0 Å². The van der Waals surface area contributed by atoms with Crippen LogP contribution in [0.1, 0.15) is 19.8 Å². The normalized spacial score (nSPS) is 9.11. The van der Waals surface area contributed by atoms with Crippen molar-refractivity contribution >= 4 is 0 Å². The fourth-order valence-electron chi connectivity index (χ4n) is 0.493. The van der Waals surface area contributed by atoms with Crippen LogP contribution < -0.4 is 0 Å². The second-order valence-electron chi connectivity index (χ2n) is 1.84. The van der Waals surface area contributed by atoms with Gasteiger partial charge < -0.3 is 9.47 Å². The third-order valence-electron chi connectivity index (χ3n) is 0.910. The first-order chi connectivity index (χ1) is 4.31. The summed E-state index contributed by atoms with van der Waals surface area (Å²) in [6, 6.07) is 0. The monoisotopic (exact) mass is 130 g/mol. The molecule has 0 heterocycles. The zero-order valence-corrected chi connectivity index (χ0v) is 6.14. The lowest BCUT2D eigenvalue weighted by molar-refractivity contribution is 0.00297. The molecule has 0 aromatic heterocycles. The van der Waals surface area contributed by atoms with Gasteiger partial charge in [0.15, 0.2) is 6.79 Å². The summed E-state index contributed by atoms with van der Waals surface area (Å²) >= 11 is 0. The van der Waals surface area contributed by atoms with E-state index in [0.717, 1.165) is 18.6 Å². The van der Waals surface area contributed by atoms with Gasteiger partial charge in [-0.05, 0) is 6.42 Å². The molecule has 0 unspecified atom stereocenters. The minimum Gasteiger partial charge on any atom is -0.473 e. The van der Waals surface area contributed by atoms with Crippen LogP contribution >= 0.6 is 0 Å². The highest BCUT2D eigenvalue weighted by Gasteiger charge is 1.89. The van der Waals surface area contributed by atoms with Gasteiger partial charge in [-0.1, -0.05) is 13.5 Å². The van der Waals surface area contributed by atoms with Crippen LogP contribution in [0.2, 0.25) is 0 Å². The molecule has 0 saturated heterocycles. The average molecular weight is 130 g/mol. The maximum Gasteiger partial charge on any atom is 0.188 e. The van der Waals surface area contributed by atoms with Crippen molar-refractivity contribution in [1.82, 2.24) is 0 Å². The molecular weight excluding hydrogens is 116 g/mol. The average Bonchev–Trinajstić information content (AvgIpc) is 1.85. The van der Waals surface area contributed by atoms with Crippen molar-refractivity contribution in [3.8, 4) is 0 Å². The van der Waals surface area contributed by atoms with E-state index in [-0.39, 0.29) is 0 Å². The Hall–Kier alpha value is -0.500. The standard InChI is InChI=1S/C7H14O2/c1-4-5-7(2)9-6-8-3/h2,4-6H2,1,3H3. The quantitative estimate of drug-likeness (QED) is 0.418. The van der Waals surface area contributed by atoms with Gasteiger partial charge in [-0.25, -0.2) is 0 Å². The van der Waals surface area contributed by atoms with Crippen molar-refractivity contribution in [3.05, 3.63) is 12.3 Å². The van der Waals surface area contributed by atoms with Crippen molar-refractivity contribution in [2.45, 2.75) is 19.8 Å². The zero-order chi connectivity index (χ0) is 7.11. The van der Waals surface area contributed by atoms with Gasteiger partial charge in [0, 0.05) is 13.5 Å². The molecule has 0 aromatic rings. The van der Waals surface area contributed by atoms with Gasteiger partial charge in [0.1, 0.15) is 0 Å². The third-order valence-corrected chi connectivity index (χ3v) is 0.910. The Kier molecular flexibility index (Phi) is 5.32. The third kappa shape index (κ3) is 5.37. The summed E-state index contributed by atoms with van der Waals surface area (Å²) in [4.78, 5) is 0. The number of hydrogen-bond acceptors (Lipinski definition) is 2. The molecule has 0 aliphatic heterocycles. The topological polar surface area (TPSA) is 18.5 Å². The van der Waals surface area contributed by atoms with E-state index in [2.05, 4.69) is 18.2 Å². The van der Waals surface area contributed by atoms with E-state index in [0.29, 0.717) is 6.79 Å². The van der Waals surface area contributed by atoms with Crippen LogP contribution in [-0.4, -0.2) is 13.9 Å². The van der Waals surface area contributed by atoms with E-state index in [1.165, 1.54) is 0 Å². The minimum absolute atomic E-state index is 0.318. The fraction of sp³-hybridized carbons (Fsp3) is 0.714. The summed E-state index contributed by atoms with van der Waals surface area (Å²) in [5.74, 6) is 0.805. The summed E-state index contributed by atoms with van der Waals surface area (Å²) < 4.78 is 9.69. The van der Waals surface area contributed by atoms with Crippen LogP contribution in [0.25, 0.3) is 0 Å². The van der Waals surface area contributed by atoms with Crippen LogP contribution in [0.15, 0.2) is 12.3 Å². The highest BCUT2D eigenvalue weighted by molar-refractivity contribution is 4.80. The summed E-state index contributed by atoms with van der Waals surface area (Å²) in [6.45, 7) is 6.08. The van der Waals surface area contributed by atoms with Gasteiger partial charge in [-0.3, -0.25) is 0 Å². The van der Waals surface area contributed by atoms with Gasteiger partial charge in [0.05, 0.1) is 5.76 Å². The van der Waals surface area contributed by atoms with Crippen LogP contribution in [0.5, 0.6) is 0 Å². The highest BCUT2D eigenvalue weighted by atomic mass is 16.7. The molecule has 2 heteroatoms. The summed E-state index contributed by atoms with van der Waals surface area (Å²) in [6.07, 6.45) is 1.99. The first-order valence-electron chi connectivity index (χ1n) is 3.10. The summed E-state index contributed by atoms with van der Waals surface area (Å²) in [5.41, 5.74) is 0. The van der Waals surface area contributed by atoms with E-state index in [1.807, 2.05) is 0 Å². The van der Waals surface area contributed by atoms with Crippen LogP contribution in [0, 0.1) is 0 Å². The molecule has 0 aromatic carbocycles. The summed E-state index contributed by atoms with van der Waals surface area (Å²) in [5, 5.41) is 0. The number of ether oxygens (including phenoxy) is 2. The lowest BCUT2D eigenvalue weighted by Gasteiger charge is -2.04. The molecule has 0 spiro atoms. The lowest BCUT2D eigenvalue weighted by Crippen LogP contribution is -1.94. The van der Waals surface area contributed by atoms with Gasteiger partial charge in [0.2, 0.25) is 0 Å². The predicted octanol–water partition coefficient (Wildman–Crippen LogP) is 1.92. The molecule has 0 aliphatic carbocycles. The Morgan fingerprint density at radius 2 is 2.22 bits per heavy atom. The molecule has 0 aliphatic rings. The van der Waals surface area contributed by atoms with Gasteiger partial charge in [-0.2, -0.15) is 0 Å². The van der Waals surface area contributed by atoms with E-state index in [9.17, 15) is 0 Å². The minimum atomic E-state index is 0.318. The maximum atomic E-state index is 5.01. The van der Waals surface area contributed by atoms with Crippen molar-refractivity contribution in [3.63, 3.8) is 0 Å². The fourth-order valence-corrected chi connectivity index (χ4v) is 0.493. The molecule has 0 amide bonds. The first-order valence-corrected chi connectivity index (χ1v) is 3.10. The lowest BCUT2D eigenvalue weighted by atomic mass is 10.3. The number of hydrogen-bond donors (Lipinski definition) is 0. The zero-order valence-electron chi connectivity index (χ0n) is 6.14. The maximum absolute atomic E-state index is 5.01. The Labute approximate surface area is 56.5 Å². The molecule has 0 fully saturated rings. The van der Waals surface area contributed by atoms with Gasteiger partial charge in [-0.15, -0.1) is 0 Å². The molecule has 0 bridgehead atoms. The number of rotatable bonds is 5. The number of methoxy groups -OCH3 is 1. The first kappa shape index (κ1) is 8.50. The highest BCUT2D eigenvalue weighted by Crippen LogP contribution is 2.01. The molecular formula is C7H14O2.